The van der Waals surface area contributed by atoms with Crippen molar-refractivity contribution in [1.82, 2.24) is 30.0 Å². The number of carbonyl (C=O) groups is 1. The molecule has 26 heavy (non-hydrogen) atoms. The van der Waals surface area contributed by atoms with E-state index in [4.69, 9.17) is 4.74 Å². The molecule has 3 atom stereocenters. The molecule has 2 fully saturated rings. The summed E-state index contributed by atoms with van der Waals surface area (Å²) in [7, 11) is 0. The molecule has 2 saturated heterocycles. The second-order valence-electron chi connectivity index (χ2n) is 6.99. The lowest BCUT2D eigenvalue weighted by atomic mass is 9.93. The number of fused-ring (bicyclic) bond motifs is 1. The largest absolute Gasteiger partial charge is 0.376 e. The third-order valence-corrected chi connectivity index (χ3v) is 5.25. The Bertz CT molecular complexity index is 749. The second-order valence-corrected chi connectivity index (χ2v) is 6.99. The van der Waals surface area contributed by atoms with Crippen LogP contribution in [-0.4, -0.2) is 62.9 Å². The summed E-state index contributed by atoms with van der Waals surface area (Å²) in [5.41, 5.74) is 1.59. The summed E-state index contributed by atoms with van der Waals surface area (Å²) >= 11 is 0. The molecule has 4 heterocycles. The Morgan fingerprint density at radius 2 is 2.27 bits per heavy atom. The van der Waals surface area contributed by atoms with Gasteiger partial charge in [-0.05, 0) is 6.92 Å². The van der Waals surface area contributed by atoms with Gasteiger partial charge in [0.05, 0.1) is 25.1 Å². The minimum atomic E-state index is -0.177. The number of ether oxygens (including phenoxy) is 1. The molecule has 0 bridgehead atoms. The molecular weight excluding hydrogens is 332 g/mol. The fraction of sp³-hybridized carbons (Fsp3) is 0.556. The number of aromatic nitrogens is 4. The van der Waals surface area contributed by atoms with Gasteiger partial charge in [-0.2, -0.15) is 5.10 Å². The smallest absolute Gasteiger partial charge is 0.271 e. The van der Waals surface area contributed by atoms with E-state index in [0.717, 1.165) is 26.2 Å². The topological polar surface area (TPSA) is 85.2 Å². The van der Waals surface area contributed by atoms with Crippen LogP contribution in [0.4, 0.5) is 0 Å². The van der Waals surface area contributed by atoms with Gasteiger partial charge in [0.25, 0.3) is 5.91 Å². The van der Waals surface area contributed by atoms with Crippen LogP contribution in [0.2, 0.25) is 0 Å². The van der Waals surface area contributed by atoms with Crippen LogP contribution in [-0.2, 0) is 17.8 Å². The third-order valence-electron chi connectivity index (χ3n) is 5.25. The number of hydrogen-bond donors (Lipinski definition) is 1. The highest BCUT2D eigenvalue weighted by atomic mass is 16.5. The first-order chi connectivity index (χ1) is 12.7. The van der Waals surface area contributed by atoms with Crippen molar-refractivity contribution in [1.29, 1.82) is 0 Å². The molecule has 0 radical (unpaired) electrons. The Balaban J connectivity index is 1.29. The normalized spacial score (nSPS) is 25.3. The minimum absolute atomic E-state index is 0.177. The molecule has 2 aliphatic rings. The van der Waals surface area contributed by atoms with E-state index in [-0.39, 0.29) is 12.0 Å². The first kappa shape index (κ1) is 17.1. The van der Waals surface area contributed by atoms with Crippen molar-refractivity contribution < 1.29 is 9.53 Å². The van der Waals surface area contributed by atoms with Crippen molar-refractivity contribution >= 4 is 5.91 Å². The first-order valence-corrected chi connectivity index (χ1v) is 9.12. The zero-order chi connectivity index (χ0) is 17.9. The lowest BCUT2D eigenvalue weighted by Gasteiger charge is -2.19. The van der Waals surface area contributed by atoms with E-state index in [2.05, 4.69) is 38.4 Å². The van der Waals surface area contributed by atoms with Crippen LogP contribution >= 0.6 is 0 Å². The van der Waals surface area contributed by atoms with Gasteiger partial charge in [-0.15, -0.1) is 0 Å². The van der Waals surface area contributed by atoms with E-state index < -0.39 is 0 Å². The molecule has 8 nitrogen and oxygen atoms in total. The van der Waals surface area contributed by atoms with Crippen LogP contribution in [0.3, 0.4) is 0 Å². The summed E-state index contributed by atoms with van der Waals surface area (Å²) in [5, 5.41) is 7.32. The summed E-state index contributed by atoms with van der Waals surface area (Å²) in [6, 6.07) is 0. The van der Waals surface area contributed by atoms with E-state index in [9.17, 15) is 4.79 Å². The molecule has 0 spiro atoms. The Hall–Kier alpha value is -2.32. The van der Waals surface area contributed by atoms with Gasteiger partial charge in [0.15, 0.2) is 0 Å². The maximum Gasteiger partial charge on any atom is 0.271 e. The summed E-state index contributed by atoms with van der Waals surface area (Å²) in [6.07, 6.45) is 8.87. The zero-order valence-electron chi connectivity index (χ0n) is 14.9. The highest BCUT2D eigenvalue weighted by Crippen LogP contribution is 2.34. The van der Waals surface area contributed by atoms with Crippen LogP contribution in [0.15, 0.2) is 31.0 Å². The van der Waals surface area contributed by atoms with Gasteiger partial charge in [-0.25, -0.2) is 4.98 Å². The van der Waals surface area contributed by atoms with Gasteiger partial charge in [-0.3, -0.25) is 19.4 Å². The van der Waals surface area contributed by atoms with Crippen molar-refractivity contribution in [2.75, 3.05) is 26.2 Å². The number of nitrogens with one attached hydrogen (secondary N) is 1. The maximum absolute atomic E-state index is 12.2. The SMILES string of the molecule is CCn1cc(CN2C[C@@H]3[C@H](CNC(=O)c4cnccn4)CO[C@@H]3C2)cn1. The lowest BCUT2D eigenvalue weighted by molar-refractivity contribution is 0.0901. The molecule has 0 aromatic carbocycles. The molecule has 1 amide bonds. The van der Waals surface area contributed by atoms with Crippen LogP contribution in [0.1, 0.15) is 23.0 Å². The van der Waals surface area contributed by atoms with Crippen molar-refractivity contribution in [3.8, 4) is 0 Å². The Morgan fingerprint density at radius 3 is 3.04 bits per heavy atom. The fourth-order valence-electron chi connectivity index (χ4n) is 3.87. The molecule has 138 valence electrons. The molecule has 2 aliphatic heterocycles. The van der Waals surface area contributed by atoms with Crippen LogP contribution in [0.5, 0.6) is 0 Å². The number of aryl methyl sites for hydroxylation is 1. The van der Waals surface area contributed by atoms with E-state index in [1.165, 1.54) is 18.0 Å². The highest BCUT2D eigenvalue weighted by molar-refractivity contribution is 5.91. The van der Waals surface area contributed by atoms with E-state index in [0.29, 0.717) is 30.7 Å². The summed E-state index contributed by atoms with van der Waals surface area (Å²) in [4.78, 5) is 22.5. The molecule has 0 aliphatic carbocycles. The number of carbonyl (C=O) groups excluding carboxylic acids is 1. The number of amides is 1. The van der Waals surface area contributed by atoms with Crippen LogP contribution in [0, 0.1) is 11.8 Å². The Labute approximate surface area is 152 Å². The minimum Gasteiger partial charge on any atom is -0.376 e. The predicted octanol–water partition coefficient (Wildman–Crippen LogP) is 0.570. The predicted molar refractivity (Wildman–Crippen MR) is 94.3 cm³/mol. The fourth-order valence-corrected chi connectivity index (χ4v) is 3.87. The van der Waals surface area contributed by atoms with E-state index in [1.807, 2.05) is 10.9 Å². The van der Waals surface area contributed by atoms with Crippen LogP contribution < -0.4 is 5.32 Å². The van der Waals surface area contributed by atoms with E-state index >= 15 is 0 Å². The van der Waals surface area contributed by atoms with Crippen molar-refractivity contribution in [2.24, 2.45) is 11.8 Å². The standard InChI is InChI=1S/C18H24N6O2/c1-2-24-9-13(5-22-24)8-23-10-15-14(12-26-17(15)11-23)6-21-18(25)16-7-19-3-4-20-16/h3-5,7,9,14-15,17H,2,6,8,10-12H2,1H3,(H,21,25)/t14-,15-,17-/m1/s1. The Kier molecular flexibility index (Phi) is 4.94. The van der Waals surface area contributed by atoms with Crippen LogP contribution in [0.25, 0.3) is 0 Å². The molecule has 2 aromatic heterocycles. The average Bonchev–Trinajstić information content (AvgIpc) is 3.37. The molecule has 0 unspecified atom stereocenters. The van der Waals surface area contributed by atoms with Gasteiger partial charge < -0.3 is 10.1 Å². The molecule has 2 aromatic rings. The number of hydrogen-bond acceptors (Lipinski definition) is 6. The summed E-state index contributed by atoms with van der Waals surface area (Å²) in [5.74, 6) is 0.616. The summed E-state index contributed by atoms with van der Waals surface area (Å²) in [6.45, 7) is 7.13. The first-order valence-electron chi connectivity index (χ1n) is 9.12. The van der Waals surface area contributed by atoms with Crippen molar-refractivity contribution in [2.45, 2.75) is 26.1 Å². The second kappa shape index (κ2) is 7.51. The van der Waals surface area contributed by atoms with Gasteiger partial charge in [-0.1, -0.05) is 0 Å². The highest BCUT2D eigenvalue weighted by Gasteiger charge is 2.43. The average molecular weight is 356 g/mol. The van der Waals surface area contributed by atoms with Gasteiger partial charge >= 0.3 is 0 Å². The third kappa shape index (κ3) is 3.61. The molecule has 4 rings (SSSR count). The quantitative estimate of drug-likeness (QED) is 0.815. The Morgan fingerprint density at radius 1 is 1.35 bits per heavy atom. The van der Waals surface area contributed by atoms with Crippen molar-refractivity contribution in [3.63, 3.8) is 0 Å². The lowest BCUT2D eigenvalue weighted by Crippen LogP contribution is -2.34. The number of rotatable bonds is 6. The van der Waals surface area contributed by atoms with Crippen molar-refractivity contribution in [3.05, 3.63) is 42.2 Å². The molecule has 0 saturated carbocycles. The van der Waals surface area contributed by atoms with Gasteiger partial charge in [0.1, 0.15) is 5.69 Å². The molecular formula is C18H24N6O2. The van der Waals surface area contributed by atoms with Gasteiger partial charge in [0.2, 0.25) is 0 Å². The molecule has 1 N–H and O–H groups in total. The van der Waals surface area contributed by atoms with Gasteiger partial charge in [0, 0.05) is 68.7 Å². The van der Waals surface area contributed by atoms with E-state index in [1.54, 1.807) is 6.20 Å². The monoisotopic (exact) mass is 356 g/mol. The maximum atomic E-state index is 12.2. The number of likely N-dealkylation sites (tertiary alicyclic amines) is 1. The number of nitrogens with zero attached hydrogens (tertiary/aromatic N) is 5. The molecule has 8 heteroatoms. The zero-order valence-corrected chi connectivity index (χ0v) is 14.9. The summed E-state index contributed by atoms with van der Waals surface area (Å²) < 4.78 is 7.93.